The molecule has 1 aliphatic rings. The van der Waals surface area contributed by atoms with E-state index in [9.17, 15) is 9.59 Å². The average Bonchev–Trinajstić information content (AvgIpc) is 3.08. The molecule has 1 saturated heterocycles. The molecule has 1 fully saturated rings. The Bertz CT molecular complexity index is 412. The molecule has 0 aliphatic carbocycles. The van der Waals surface area contributed by atoms with Gasteiger partial charge < -0.3 is 16.0 Å². The second-order valence-corrected chi connectivity index (χ2v) is 8.19. The lowest BCUT2D eigenvalue weighted by molar-refractivity contribution is -0.139. The lowest BCUT2D eigenvalue weighted by Gasteiger charge is -2.27. The van der Waals surface area contributed by atoms with Crippen molar-refractivity contribution in [3.8, 4) is 0 Å². The Morgan fingerprint density at radius 1 is 1.08 bits per heavy atom. The third-order valence-corrected chi connectivity index (χ3v) is 5.21. The maximum atomic E-state index is 12.5. The molecule has 5 heteroatoms. The number of amides is 2. The first-order valence-electron chi connectivity index (χ1n) is 10.8. The van der Waals surface area contributed by atoms with Crippen LogP contribution >= 0.6 is 0 Å². The lowest BCUT2D eigenvalue weighted by Crippen LogP contribution is -2.51. The van der Waals surface area contributed by atoms with Crippen molar-refractivity contribution >= 4 is 11.8 Å². The van der Waals surface area contributed by atoms with Gasteiger partial charge in [0.2, 0.25) is 11.8 Å². The number of hydrogen-bond acceptors (Lipinski definition) is 3. The molecular weight excluding hydrogens is 326 g/mol. The fourth-order valence-corrected chi connectivity index (χ4v) is 3.71. The summed E-state index contributed by atoms with van der Waals surface area (Å²) in [5.41, 5.74) is 6.04. The molecule has 1 aliphatic heterocycles. The summed E-state index contributed by atoms with van der Waals surface area (Å²) < 4.78 is 0. The van der Waals surface area contributed by atoms with Crippen molar-refractivity contribution in [3.63, 3.8) is 0 Å². The highest BCUT2D eigenvalue weighted by Crippen LogP contribution is 2.19. The van der Waals surface area contributed by atoms with E-state index < -0.39 is 6.04 Å². The molecule has 0 spiro atoms. The van der Waals surface area contributed by atoms with Crippen molar-refractivity contribution in [2.75, 3.05) is 13.1 Å². The van der Waals surface area contributed by atoms with E-state index in [0.29, 0.717) is 25.4 Å². The maximum absolute atomic E-state index is 12.5. The molecule has 0 aromatic rings. The van der Waals surface area contributed by atoms with Crippen molar-refractivity contribution in [3.05, 3.63) is 0 Å². The van der Waals surface area contributed by atoms with Crippen LogP contribution in [0.15, 0.2) is 0 Å². The molecule has 0 saturated carbocycles. The zero-order chi connectivity index (χ0) is 19.4. The van der Waals surface area contributed by atoms with E-state index in [1.165, 1.54) is 44.9 Å². The third-order valence-electron chi connectivity index (χ3n) is 5.21. The third kappa shape index (κ3) is 8.52. The van der Waals surface area contributed by atoms with E-state index in [4.69, 9.17) is 5.73 Å². The van der Waals surface area contributed by atoms with E-state index in [1.54, 1.807) is 4.90 Å². The number of carbonyl (C=O) groups is 2. The lowest BCUT2D eigenvalue weighted by atomic mass is 10.0. The summed E-state index contributed by atoms with van der Waals surface area (Å²) in [6, 6.07) is -0.814. The quantitative estimate of drug-likeness (QED) is 0.488. The number of carbonyl (C=O) groups excluding carboxylic acids is 2. The summed E-state index contributed by atoms with van der Waals surface area (Å²) >= 11 is 0. The Balaban J connectivity index is 2.23. The Labute approximate surface area is 160 Å². The molecule has 0 bridgehead atoms. The molecule has 152 valence electrons. The van der Waals surface area contributed by atoms with Crippen LogP contribution in [0.5, 0.6) is 0 Å². The van der Waals surface area contributed by atoms with Crippen LogP contribution in [-0.4, -0.2) is 41.9 Å². The average molecular weight is 368 g/mol. The second-order valence-electron chi connectivity index (χ2n) is 8.19. The molecule has 0 aromatic heterocycles. The standard InChI is InChI=1S/C21H41N3O2/c1-4-5-6-7-8-9-10-11-14-23-20(25)19-13-12-15-24(19)21(26)18(22)16-17(2)3/h17-19H,4-16,22H2,1-3H3,(H,23,25)/t18-,19-/m0/s1. The van der Waals surface area contributed by atoms with Gasteiger partial charge in [-0.2, -0.15) is 0 Å². The summed E-state index contributed by atoms with van der Waals surface area (Å²) in [6.45, 7) is 7.72. The molecule has 3 N–H and O–H groups in total. The van der Waals surface area contributed by atoms with Gasteiger partial charge in [0, 0.05) is 13.1 Å². The first kappa shape index (κ1) is 22.9. The predicted molar refractivity (Wildman–Crippen MR) is 108 cm³/mol. The summed E-state index contributed by atoms with van der Waals surface area (Å²) in [6.07, 6.45) is 12.3. The Morgan fingerprint density at radius 2 is 1.69 bits per heavy atom. The van der Waals surface area contributed by atoms with Crippen LogP contribution in [0.3, 0.4) is 0 Å². The van der Waals surface area contributed by atoms with Gasteiger partial charge in [-0.3, -0.25) is 9.59 Å². The summed E-state index contributed by atoms with van der Waals surface area (Å²) in [7, 11) is 0. The Morgan fingerprint density at radius 3 is 2.31 bits per heavy atom. The van der Waals surface area contributed by atoms with Crippen molar-refractivity contribution in [2.24, 2.45) is 11.7 Å². The van der Waals surface area contributed by atoms with Crippen molar-refractivity contribution < 1.29 is 9.59 Å². The van der Waals surface area contributed by atoms with Gasteiger partial charge >= 0.3 is 0 Å². The van der Waals surface area contributed by atoms with E-state index in [0.717, 1.165) is 19.3 Å². The molecule has 26 heavy (non-hydrogen) atoms. The van der Waals surface area contributed by atoms with Gasteiger partial charge in [-0.15, -0.1) is 0 Å². The SMILES string of the molecule is CCCCCCCCCCNC(=O)[C@@H]1CCCN1C(=O)[C@@H](N)CC(C)C. The van der Waals surface area contributed by atoms with Gasteiger partial charge in [-0.25, -0.2) is 0 Å². The van der Waals surface area contributed by atoms with Crippen LogP contribution < -0.4 is 11.1 Å². The molecule has 0 aromatic carbocycles. The van der Waals surface area contributed by atoms with Crippen LogP contribution in [0, 0.1) is 5.92 Å². The van der Waals surface area contributed by atoms with Crippen LogP contribution in [0.2, 0.25) is 0 Å². The molecule has 0 radical (unpaired) electrons. The normalized spacial score (nSPS) is 18.3. The highest BCUT2D eigenvalue weighted by molar-refractivity contribution is 5.90. The summed E-state index contributed by atoms with van der Waals surface area (Å²) in [4.78, 5) is 26.7. The predicted octanol–water partition coefficient (Wildman–Crippen LogP) is 3.61. The Kier molecular flexibility index (Phi) is 11.6. The van der Waals surface area contributed by atoms with E-state index in [2.05, 4.69) is 26.1 Å². The number of hydrogen-bond donors (Lipinski definition) is 2. The van der Waals surface area contributed by atoms with Crippen LogP contribution in [0.4, 0.5) is 0 Å². The highest BCUT2D eigenvalue weighted by Gasteiger charge is 2.35. The first-order chi connectivity index (χ1) is 12.5. The Hall–Kier alpha value is -1.10. The summed E-state index contributed by atoms with van der Waals surface area (Å²) in [5.74, 6) is 0.310. The number of unbranched alkanes of at least 4 members (excludes halogenated alkanes) is 7. The molecular formula is C21H41N3O2. The number of rotatable bonds is 13. The minimum atomic E-state index is -0.490. The number of likely N-dealkylation sites (tertiary alicyclic amines) is 1. The minimum absolute atomic E-state index is 0.00413. The minimum Gasteiger partial charge on any atom is -0.354 e. The van der Waals surface area contributed by atoms with E-state index >= 15 is 0 Å². The molecule has 1 rings (SSSR count). The molecule has 2 atom stereocenters. The zero-order valence-electron chi connectivity index (χ0n) is 17.3. The van der Waals surface area contributed by atoms with E-state index in [-0.39, 0.29) is 17.9 Å². The summed E-state index contributed by atoms with van der Waals surface area (Å²) in [5, 5.41) is 3.03. The van der Waals surface area contributed by atoms with Crippen molar-refractivity contribution in [1.82, 2.24) is 10.2 Å². The maximum Gasteiger partial charge on any atom is 0.242 e. The monoisotopic (exact) mass is 367 g/mol. The second kappa shape index (κ2) is 13.1. The van der Waals surface area contributed by atoms with Gasteiger partial charge in [0.15, 0.2) is 0 Å². The van der Waals surface area contributed by atoms with Gasteiger partial charge in [0.25, 0.3) is 0 Å². The number of nitrogens with one attached hydrogen (secondary N) is 1. The van der Waals surface area contributed by atoms with Crippen LogP contribution in [0.1, 0.15) is 91.4 Å². The van der Waals surface area contributed by atoms with Crippen LogP contribution in [-0.2, 0) is 9.59 Å². The molecule has 5 nitrogen and oxygen atoms in total. The van der Waals surface area contributed by atoms with Gasteiger partial charge in [-0.05, 0) is 31.6 Å². The van der Waals surface area contributed by atoms with Crippen molar-refractivity contribution in [2.45, 2.75) is 103 Å². The van der Waals surface area contributed by atoms with Crippen LogP contribution in [0.25, 0.3) is 0 Å². The topological polar surface area (TPSA) is 75.4 Å². The first-order valence-corrected chi connectivity index (χ1v) is 10.8. The van der Waals surface area contributed by atoms with Gasteiger partial charge in [0.1, 0.15) is 6.04 Å². The highest BCUT2D eigenvalue weighted by atomic mass is 16.2. The largest absolute Gasteiger partial charge is 0.354 e. The van der Waals surface area contributed by atoms with Gasteiger partial charge in [0.05, 0.1) is 6.04 Å². The zero-order valence-corrected chi connectivity index (χ0v) is 17.3. The van der Waals surface area contributed by atoms with Gasteiger partial charge in [-0.1, -0.05) is 65.7 Å². The molecule has 2 amide bonds. The van der Waals surface area contributed by atoms with E-state index in [1.807, 2.05) is 0 Å². The number of nitrogens with zero attached hydrogens (tertiary/aromatic N) is 1. The molecule has 0 unspecified atom stereocenters. The fourth-order valence-electron chi connectivity index (χ4n) is 3.71. The smallest absolute Gasteiger partial charge is 0.242 e. The van der Waals surface area contributed by atoms with Crippen molar-refractivity contribution in [1.29, 1.82) is 0 Å². The fraction of sp³-hybridized carbons (Fsp3) is 0.905. The number of nitrogens with two attached hydrogens (primary N) is 1. The molecule has 1 heterocycles.